The first kappa shape index (κ1) is 15.2. The number of hydrogen-bond acceptors (Lipinski definition) is 5. The van der Waals surface area contributed by atoms with Crippen molar-refractivity contribution in [2.45, 2.75) is 50.0 Å². The lowest BCUT2D eigenvalue weighted by atomic mass is 9.83. The van der Waals surface area contributed by atoms with Crippen molar-refractivity contribution in [3.63, 3.8) is 0 Å². The molecule has 1 aromatic rings. The van der Waals surface area contributed by atoms with E-state index < -0.39 is 10.0 Å². The summed E-state index contributed by atoms with van der Waals surface area (Å²) in [7, 11) is -1.84. The quantitative estimate of drug-likeness (QED) is 0.865. The summed E-state index contributed by atoms with van der Waals surface area (Å²) in [4.78, 5) is 8.03. The van der Waals surface area contributed by atoms with Gasteiger partial charge in [-0.2, -0.15) is 0 Å². The van der Waals surface area contributed by atoms with E-state index in [-0.39, 0.29) is 10.9 Å². The van der Waals surface area contributed by atoms with Crippen LogP contribution in [0.25, 0.3) is 0 Å². The highest BCUT2D eigenvalue weighted by Gasteiger charge is 2.28. The zero-order chi connectivity index (χ0) is 14.6. The van der Waals surface area contributed by atoms with Crippen LogP contribution in [0.3, 0.4) is 0 Å². The summed E-state index contributed by atoms with van der Waals surface area (Å²) in [5, 5.41) is 2.77. The van der Waals surface area contributed by atoms with Crippen LogP contribution in [-0.4, -0.2) is 31.5 Å². The molecule has 0 aromatic carbocycles. The van der Waals surface area contributed by atoms with Crippen molar-refractivity contribution in [1.29, 1.82) is 0 Å². The molecule has 0 spiro atoms. The van der Waals surface area contributed by atoms with Crippen LogP contribution in [0.2, 0.25) is 0 Å². The second-order valence-corrected chi connectivity index (χ2v) is 6.89. The molecule has 6 nitrogen and oxygen atoms in total. The van der Waals surface area contributed by atoms with Gasteiger partial charge in [-0.1, -0.05) is 26.2 Å². The largest absolute Gasteiger partial charge is 0.357 e. The Morgan fingerprint density at radius 2 is 1.90 bits per heavy atom. The summed E-state index contributed by atoms with van der Waals surface area (Å²) >= 11 is 0. The van der Waals surface area contributed by atoms with E-state index in [1.54, 1.807) is 7.05 Å². The van der Waals surface area contributed by atoms with Crippen LogP contribution in [0, 0.1) is 5.92 Å². The Kier molecular flexibility index (Phi) is 4.93. The molecule has 2 atom stereocenters. The van der Waals surface area contributed by atoms with Crippen LogP contribution in [0.5, 0.6) is 0 Å². The number of sulfonamides is 1. The fourth-order valence-corrected chi connectivity index (χ4v) is 3.93. The number of anilines is 1. The van der Waals surface area contributed by atoms with E-state index in [1.165, 1.54) is 18.8 Å². The molecule has 1 aromatic heterocycles. The summed E-state index contributed by atoms with van der Waals surface area (Å²) in [6.07, 6.45) is 7.96. The molecule has 2 unspecified atom stereocenters. The van der Waals surface area contributed by atoms with Crippen LogP contribution in [0.1, 0.15) is 39.0 Å². The number of aromatic nitrogens is 2. The maximum atomic E-state index is 12.3. The number of nitrogens with zero attached hydrogens (tertiary/aromatic N) is 2. The molecule has 1 aliphatic rings. The lowest BCUT2D eigenvalue weighted by molar-refractivity contribution is 0.282. The molecule has 7 heteroatoms. The van der Waals surface area contributed by atoms with Crippen LogP contribution >= 0.6 is 0 Å². The highest BCUT2D eigenvalue weighted by Crippen LogP contribution is 2.27. The average Bonchev–Trinajstić information content (AvgIpc) is 2.47. The van der Waals surface area contributed by atoms with Crippen molar-refractivity contribution in [3.05, 3.63) is 12.4 Å². The van der Waals surface area contributed by atoms with Crippen molar-refractivity contribution in [1.82, 2.24) is 14.7 Å². The van der Waals surface area contributed by atoms with Crippen LogP contribution in [-0.2, 0) is 10.0 Å². The van der Waals surface area contributed by atoms with Crippen molar-refractivity contribution in [2.24, 2.45) is 5.92 Å². The van der Waals surface area contributed by atoms with Gasteiger partial charge >= 0.3 is 0 Å². The fourth-order valence-electron chi connectivity index (χ4n) is 2.70. The molecule has 112 valence electrons. The minimum absolute atomic E-state index is 0.0303. The molecule has 0 amide bonds. The summed E-state index contributed by atoms with van der Waals surface area (Å²) in [5.41, 5.74) is 0. The van der Waals surface area contributed by atoms with E-state index in [0.717, 1.165) is 25.7 Å². The summed E-state index contributed by atoms with van der Waals surface area (Å²) in [6, 6.07) is 0.0303. The lowest BCUT2D eigenvalue weighted by Crippen LogP contribution is -2.41. The SMILES string of the molecule is CCC1CCCCC1NS(=O)(=O)c1cnc(NC)nc1. The van der Waals surface area contributed by atoms with Gasteiger partial charge in [-0.3, -0.25) is 0 Å². The number of nitrogens with one attached hydrogen (secondary N) is 2. The highest BCUT2D eigenvalue weighted by atomic mass is 32.2. The number of rotatable bonds is 5. The van der Waals surface area contributed by atoms with Gasteiger partial charge in [-0.15, -0.1) is 0 Å². The Morgan fingerprint density at radius 1 is 1.25 bits per heavy atom. The zero-order valence-electron chi connectivity index (χ0n) is 12.0. The van der Waals surface area contributed by atoms with Gasteiger partial charge in [0.1, 0.15) is 4.90 Å². The van der Waals surface area contributed by atoms with Gasteiger partial charge in [0.2, 0.25) is 16.0 Å². The van der Waals surface area contributed by atoms with Crippen molar-refractivity contribution < 1.29 is 8.42 Å². The van der Waals surface area contributed by atoms with Gasteiger partial charge in [0, 0.05) is 13.1 Å². The molecule has 2 N–H and O–H groups in total. The van der Waals surface area contributed by atoms with Crippen molar-refractivity contribution >= 4 is 16.0 Å². The standard InChI is InChI=1S/C13H22N4O2S/c1-3-10-6-4-5-7-12(10)17-20(18,19)11-8-15-13(14-2)16-9-11/h8-10,12,17H,3-7H2,1-2H3,(H,14,15,16). The topological polar surface area (TPSA) is 84.0 Å². The second kappa shape index (κ2) is 6.49. The summed E-state index contributed by atoms with van der Waals surface area (Å²) in [5.74, 6) is 0.837. The van der Waals surface area contributed by atoms with E-state index in [1.807, 2.05) is 0 Å². The van der Waals surface area contributed by atoms with E-state index in [0.29, 0.717) is 11.9 Å². The monoisotopic (exact) mass is 298 g/mol. The minimum Gasteiger partial charge on any atom is -0.357 e. The van der Waals surface area contributed by atoms with Gasteiger partial charge in [-0.25, -0.2) is 23.1 Å². The van der Waals surface area contributed by atoms with Crippen molar-refractivity contribution in [3.8, 4) is 0 Å². The third kappa shape index (κ3) is 3.46. The third-order valence-electron chi connectivity index (χ3n) is 3.90. The molecular formula is C13H22N4O2S. The molecule has 0 radical (unpaired) electrons. The molecule has 0 bridgehead atoms. The Hall–Kier alpha value is -1.21. The third-order valence-corrected chi connectivity index (χ3v) is 5.35. The minimum atomic E-state index is -3.53. The Bertz CT molecular complexity index is 530. The van der Waals surface area contributed by atoms with Crippen LogP contribution in [0.15, 0.2) is 17.3 Å². The van der Waals surface area contributed by atoms with E-state index in [2.05, 4.69) is 26.9 Å². The highest BCUT2D eigenvalue weighted by molar-refractivity contribution is 7.89. The Labute approximate surface area is 120 Å². The Morgan fingerprint density at radius 3 is 2.50 bits per heavy atom. The fraction of sp³-hybridized carbons (Fsp3) is 0.692. The zero-order valence-corrected chi connectivity index (χ0v) is 12.8. The molecule has 1 heterocycles. The average molecular weight is 298 g/mol. The lowest BCUT2D eigenvalue weighted by Gasteiger charge is -2.31. The Balaban J connectivity index is 2.12. The van der Waals surface area contributed by atoms with Crippen molar-refractivity contribution in [2.75, 3.05) is 12.4 Å². The predicted octanol–water partition coefficient (Wildman–Crippen LogP) is 1.77. The van der Waals surface area contributed by atoms with E-state index in [9.17, 15) is 8.42 Å². The van der Waals surface area contributed by atoms with Crippen LogP contribution < -0.4 is 10.0 Å². The maximum absolute atomic E-state index is 12.3. The summed E-state index contributed by atoms with van der Waals surface area (Å²) < 4.78 is 27.5. The molecule has 1 fully saturated rings. The first-order valence-electron chi connectivity index (χ1n) is 7.09. The van der Waals surface area contributed by atoms with Gasteiger partial charge in [0.15, 0.2) is 0 Å². The first-order valence-corrected chi connectivity index (χ1v) is 8.57. The molecule has 0 aliphatic heterocycles. The summed E-state index contributed by atoms with van der Waals surface area (Å²) in [6.45, 7) is 2.11. The van der Waals surface area contributed by atoms with E-state index >= 15 is 0 Å². The van der Waals surface area contributed by atoms with Gasteiger partial charge in [-0.05, 0) is 18.8 Å². The predicted molar refractivity (Wildman–Crippen MR) is 77.9 cm³/mol. The molecule has 2 rings (SSSR count). The van der Waals surface area contributed by atoms with E-state index in [4.69, 9.17) is 0 Å². The second-order valence-electron chi connectivity index (χ2n) is 5.17. The van der Waals surface area contributed by atoms with Gasteiger partial charge < -0.3 is 5.32 Å². The van der Waals surface area contributed by atoms with Gasteiger partial charge in [0.05, 0.1) is 12.4 Å². The first-order chi connectivity index (χ1) is 9.56. The normalized spacial score (nSPS) is 23.5. The molecule has 1 aliphatic carbocycles. The molecule has 20 heavy (non-hydrogen) atoms. The smallest absolute Gasteiger partial charge is 0.243 e. The van der Waals surface area contributed by atoms with Crippen LogP contribution in [0.4, 0.5) is 5.95 Å². The number of hydrogen-bond donors (Lipinski definition) is 2. The van der Waals surface area contributed by atoms with Gasteiger partial charge in [0.25, 0.3) is 0 Å². The molecule has 1 saturated carbocycles. The molecular weight excluding hydrogens is 276 g/mol. The molecule has 0 saturated heterocycles. The maximum Gasteiger partial charge on any atom is 0.243 e.